The van der Waals surface area contributed by atoms with Gasteiger partial charge >= 0.3 is 0 Å². The number of hydrogen-bond acceptors (Lipinski definition) is 3. The molecule has 1 heterocycles. The van der Waals surface area contributed by atoms with Crippen LogP contribution in [0.2, 0.25) is 0 Å². The van der Waals surface area contributed by atoms with Gasteiger partial charge in [0.25, 0.3) is 0 Å². The Hall–Kier alpha value is -1.62. The van der Waals surface area contributed by atoms with Gasteiger partial charge in [-0.1, -0.05) is 12.1 Å². The highest BCUT2D eigenvalue weighted by Gasteiger charge is 2.06. The Kier molecular flexibility index (Phi) is 5.15. The van der Waals surface area contributed by atoms with Crippen molar-refractivity contribution in [2.45, 2.75) is 6.42 Å². The number of anilines is 1. The Morgan fingerprint density at radius 2 is 2.11 bits per heavy atom. The van der Waals surface area contributed by atoms with Crippen molar-refractivity contribution in [2.24, 2.45) is 0 Å². The van der Waals surface area contributed by atoms with Crippen molar-refractivity contribution in [1.29, 1.82) is 0 Å². The van der Waals surface area contributed by atoms with Crippen molar-refractivity contribution < 1.29 is 9.13 Å². The van der Waals surface area contributed by atoms with E-state index in [1.54, 1.807) is 18.3 Å². The lowest BCUT2D eigenvalue weighted by atomic mass is 10.3. The first-order chi connectivity index (χ1) is 9.27. The third kappa shape index (κ3) is 4.21. The summed E-state index contributed by atoms with van der Waals surface area (Å²) in [6, 6.07) is 10.5. The fraction of sp³-hybridized carbons (Fsp3) is 0.214. The van der Waals surface area contributed by atoms with E-state index < -0.39 is 0 Å². The first-order valence-electron chi connectivity index (χ1n) is 5.99. The lowest BCUT2D eigenvalue weighted by Gasteiger charge is -2.09. The monoisotopic (exact) mass is 324 g/mol. The van der Waals surface area contributed by atoms with E-state index >= 15 is 0 Å². The minimum Gasteiger partial charge on any atom is -0.489 e. The van der Waals surface area contributed by atoms with Crippen LogP contribution < -0.4 is 10.1 Å². The van der Waals surface area contributed by atoms with E-state index in [0.29, 0.717) is 11.1 Å². The number of aromatic nitrogens is 1. The zero-order chi connectivity index (χ0) is 13.5. The van der Waals surface area contributed by atoms with Crippen molar-refractivity contribution in [3.05, 3.63) is 52.9 Å². The average Bonchev–Trinajstić information content (AvgIpc) is 2.42. The minimum atomic E-state index is -0.355. The molecule has 5 heteroatoms. The number of halogens is 2. The molecule has 0 bridgehead atoms. The van der Waals surface area contributed by atoms with Crippen molar-refractivity contribution in [3.63, 3.8) is 0 Å². The van der Waals surface area contributed by atoms with Crippen LogP contribution in [-0.4, -0.2) is 18.1 Å². The first kappa shape index (κ1) is 13.8. The predicted octanol–water partition coefficient (Wildman–Crippen LogP) is 3.86. The van der Waals surface area contributed by atoms with Gasteiger partial charge in [-0.3, -0.25) is 0 Å². The predicted molar refractivity (Wildman–Crippen MR) is 76.9 cm³/mol. The standard InChI is InChI=1S/C14H14BrFN2O/c15-11-5-3-6-12(16)14(11)19-10-4-9-18-13-7-1-2-8-17-13/h1-3,5-8H,4,9-10H2,(H,17,18). The molecule has 0 unspecified atom stereocenters. The van der Waals surface area contributed by atoms with Crippen LogP contribution in [0.3, 0.4) is 0 Å². The molecule has 0 amide bonds. The van der Waals surface area contributed by atoms with E-state index in [-0.39, 0.29) is 11.6 Å². The highest BCUT2D eigenvalue weighted by atomic mass is 79.9. The molecule has 0 fully saturated rings. The zero-order valence-electron chi connectivity index (χ0n) is 10.3. The van der Waals surface area contributed by atoms with Gasteiger partial charge in [0, 0.05) is 12.7 Å². The van der Waals surface area contributed by atoms with Gasteiger partial charge in [-0.15, -0.1) is 0 Å². The minimum absolute atomic E-state index is 0.264. The summed E-state index contributed by atoms with van der Waals surface area (Å²) in [5, 5.41) is 3.16. The summed E-state index contributed by atoms with van der Waals surface area (Å²) in [5.74, 6) is 0.738. The topological polar surface area (TPSA) is 34.1 Å². The summed E-state index contributed by atoms with van der Waals surface area (Å²) >= 11 is 3.26. The number of nitrogens with zero attached hydrogens (tertiary/aromatic N) is 1. The zero-order valence-corrected chi connectivity index (χ0v) is 11.9. The highest BCUT2D eigenvalue weighted by Crippen LogP contribution is 2.27. The first-order valence-corrected chi connectivity index (χ1v) is 6.78. The molecule has 0 spiro atoms. The second kappa shape index (κ2) is 7.09. The Balaban J connectivity index is 1.73. The Labute approximate surface area is 119 Å². The van der Waals surface area contributed by atoms with Gasteiger partial charge in [-0.2, -0.15) is 0 Å². The maximum absolute atomic E-state index is 13.4. The van der Waals surface area contributed by atoms with Gasteiger partial charge in [0.05, 0.1) is 11.1 Å². The smallest absolute Gasteiger partial charge is 0.169 e. The third-order valence-corrected chi connectivity index (χ3v) is 3.08. The third-order valence-electron chi connectivity index (χ3n) is 2.46. The van der Waals surface area contributed by atoms with Crippen LogP contribution in [-0.2, 0) is 0 Å². The maximum Gasteiger partial charge on any atom is 0.169 e. The molecule has 100 valence electrons. The lowest BCUT2D eigenvalue weighted by Crippen LogP contribution is -2.08. The number of hydrogen-bond donors (Lipinski definition) is 1. The van der Waals surface area contributed by atoms with E-state index in [0.717, 1.165) is 18.8 Å². The molecule has 2 aromatic rings. The van der Waals surface area contributed by atoms with Gasteiger partial charge < -0.3 is 10.1 Å². The van der Waals surface area contributed by atoms with Gasteiger partial charge in [0.15, 0.2) is 11.6 Å². The summed E-state index contributed by atoms with van der Waals surface area (Å²) in [4.78, 5) is 4.14. The van der Waals surface area contributed by atoms with Crippen LogP contribution in [0, 0.1) is 5.82 Å². The van der Waals surface area contributed by atoms with Crippen LogP contribution in [0.1, 0.15) is 6.42 Å². The Bertz CT molecular complexity index is 502. The van der Waals surface area contributed by atoms with Crippen LogP contribution in [0.25, 0.3) is 0 Å². The van der Waals surface area contributed by atoms with Crippen LogP contribution in [0.15, 0.2) is 47.1 Å². The van der Waals surface area contributed by atoms with E-state index in [1.807, 2.05) is 18.2 Å². The molecule has 2 rings (SSSR count). The number of nitrogens with one attached hydrogen (secondary N) is 1. The van der Waals surface area contributed by atoms with Gasteiger partial charge in [0.1, 0.15) is 5.82 Å². The van der Waals surface area contributed by atoms with Gasteiger partial charge in [0.2, 0.25) is 0 Å². The molecule has 0 aliphatic rings. The number of benzene rings is 1. The van der Waals surface area contributed by atoms with E-state index in [4.69, 9.17) is 4.74 Å². The molecule has 1 N–H and O–H groups in total. The normalized spacial score (nSPS) is 10.2. The fourth-order valence-electron chi connectivity index (χ4n) is 1.55. The molecular formula is C14H14BrFN2O. The van der Waals surface area contributed by atoms with Crippen molar-refractivity contribution in [1.82, 2.24) is 4.98 Å². The van der Waals surface area contributed by atoms with Crippen LogP contribution >= 0.6 is 15.9 Å². The summed E-state index contributed by atoms with van der Waals surface area (Å²) in [7, 11) is 0. The summed E-state index contributed by atoms with van der Waals surface area (Å²) < 4.78 is 19.5. The molecule has 3 nitrogen and oxygen atoms in total. The molecule has 1 aromatic carbocycles. The highest BCUT2D eigenvalue weighted by molar-refractivity contribution is 9.10. The summed E-state index contributed by atoms with van der Waals surface area (Å²) in [6.45, 7) is 1.17. The van der Waals surface area contributed by atoms with Crippen LogP contribution in [0.4, 0.5) is 10.2 Å². The summed E-state index contributed by atoms with van der Waals surface area (Å²) in [5.41, 5.74) is 0. The molecule has 0 aliphatic carbocycles. The largest absolute Gasteiger partial charge is 0.489 e. The van der Waals surface area contributed by atoms with E-state index in [9.17, 15) is 4.39 Å². The van der Waals surface area contributed by atoms with Gasteiger partial charge in [-0.25, -0.2) is 9.37 Å². The Morgan fingerprint density at radius 3 is 2.84 bits per heavy atom. The average molecular weight is 325 g/mol. The number of rotatable bonds is 6. The molecule has 0 atom stereocenters. The van der Waals surface area contributed by atoms with Gasteiger partial charge in [-0.05, 0) is 46.6 Å². The molecular weight excluding hydrogens is 311 g/mol. The number of para-hydroxylation sites is 1. The second-order valence-electron chi connectivity index (χ2n) is 3.89. The van der Waals surface area contributed by atoms with Crippen molar-refractivity contribution in [2.75, 3.05) is 18.5 Å². The molecule has 1 aromatic heterocycles. The lowest BCUT2D eigenvalue weighted by molar-refractivity contribution is 0.297. The summed E-state index contributed by atoms with van der Waals surface area (Å²) in [6.07, 6.45) is 2.49. The SMILES string of the molecule is Fc1cccc(Br)c1OCCCNc1ccccn1. The van der Waals surface area contributed by atoms with Crippen molar-refractivity contribution in [3.8, 4) is 5.75 Å². The van der Waals surface area contributed by atoms with Crippen molar-refractivity contribution >= 4 is 21.7 Å². The molecule has 0 radical (unpaired) electrons. The number of ether oxygens (including phenoxy) is 1. The maximum atomic E-state index is 13.4. The molecule has 19 heavy (non-hydrogen) atoms. The Morgan fingerprint density at radius 1 is 1.21 bits per heavy atom. The quantitative estimate of drug-likeness (QED) is 0.819. The second-order valence-corrected chi connectivity index (χ2v) is 4.75. The molecule has 0 saturated carbocycles. The fourth-order valence-corrected chi connectivity index (χ4v) is 2.01. The van der Waals surface area contributed by atoms with E-state index in [1.165, 1.54) is 6.07 Å². The number of pyridine rings is 1. The van der Waals surface area contributed by atoms with E-state index in [2.05, 4.69) is 26.2 Å². The van der Waals surface area contributed by atoms with Crippen LogP contribution in [0.5, 0.6) is 5.75 Å². The molecule has 0 aliphatic heterocycles. The molecule has 0 saturated heterocycles.